The van der Waals surface area contributed by atoms with Crippen LogP contribution in [0.3, 0.4) is 0 Å². The number of para-hydroxylation sites is 4. The van der Waals surface area contributed by atoms with Gasteiger partial charge in [-0.15, -0.1) is 0 Å². The summed E-state index contributed by atoms with van der Waals surface area (Å²) in [4.78, 5) is 9.65. The molecule has 1 aromatic heterocycles. The number of anilines is 12. The van der Waals surface area contributed by atoms with Crippen LogP contribution >= 0.6 is 0 Å². The summed E-state index contributed by atoms with van der Waals surface area (Å²) in [7, 11) is 0. The number of rotatable bonds is 17. The van der Waals surface area contributed by atoms with Crippen molar-refractivity contribution in [1.29, 1.82) is 0 Å². The van der Waals surface area contributed by atoms with Crippen molar-refractivity contribution in [3.05, 3.63) is 362 Å². The first-order valence-electron chi connectivity index (χ1n) is 41.3. The van der Waals surface area contributed by atoms with Crippen molar-refractivity contribution in [3.63, 3.8) is 0 Å². The van der Waals surface area contributed by atoms with Crippen LogP contribution < -0.4 is 19.6 Å². The highest BCUT2D eigenvalue weighted by atomic mass is 16.3. The second-order valence-electron chi connectivity index (χ2n) is 34.9. The molecule has 1 heterocycles. The minimum Gasteiger partial charge on any atom is -0.454 e. The lowest BCUT2D eigenvalue weighted by Gasteiger charge is -2.57. The largest absolute Gasteiger partial charge is 0.454 e. The zero-order valence-electron chi connectivity index (χ0n) is 64.0. The molecule has 8 bridgehead atoms. The van der Waals surface area contributed by atoms with Crippen molar-refractivity contribution in [3.8, 4) is 44.5 Å². The summed E-state index contributed by atoms with van der Waals surface area (Å²) < 4.78 is 7.23. The van der Waals surface area contributed by atoms with Crippen LogP contribution in [-0.2, 0) is 16.2 Å². The third kappa shape index (κ3) is 11.5. The van der Waals surface area contributed by atoms with E-state index < -0.39 is 0 Å². The van der Waals surface area contributed by atoms with Gasteiger partial charge in [-0.1, -0.05) is 202 Å². The lowest BCUT2D eigenvalue weighted by molar-refractivity contribution is -0.00530. The number of fused-ring (bicyclic) bond motifs is 6. The molecule has 0 amide bonds. The average molecular weight is 1450 g/mol. The number of nitrogens with zero attached hydrogens (tertiary/aromatic N) is 4. The SMILES string of the molecule is CC1(C)c2cc(N(c3ccccc3)c3ccc(-c4cccc(-c5ccc(N(c6ccc(-c7ccccc7)cc6)c6ccc7c(c6)oc6c(N(c8ccccc8)c8ccc(C9%10CC%11CC(CC(C%11)C9)C%10)cc8)cccc67)cc5)c4)cc3)ccc2-c2ccc(N(c3ccccc3)c3ccc(C45CC6CC(CC(C6)C4)C5)cc3)cc21. The number of benzene rings is 14. The Morgan fingerprint density at radius 2 is 0.562 bits per heavy atom. The van der Waals surface area contributed by atoms with Gasteiger partial charge in [-0.2, -0.15) is 0 Å². The van der Waals surface area contributed by atoms with E-state index in [1.807, 2.05) is 0 Å². The summed E-state index contributed by atoms with van der Waals surface area (Å²) in [5, 5.41) is 2.18. The molecule has 0 unspecified atom stereocenters. The zero-order valence-corrected chi connectivity index (χ0v) is 64.0. The second-order valence-corrected chi connectivity index (χ2v) is 34.9. The molecule has 24 rings (SSSR count). The third-order valence-electron chi connectivity index (χ3n) is 27.7. The van der Waals surface area contributed by atoms with Gasteiger partial charge in [0.15, 0.2) is 5.58 Å². The molecule has 8 fully saturated rings. The fraction of sp³-hybridized carbons (Fsp3) is 0.215. The molecule has 15 aromatic rings. The van der Waals surface area contributed by atoms with E-state index in [-0.39, 0.29) is 5.41 Å². The van der Waals surface area contributed by atoms with Crippen LogP contribution in [0.15, 0.2) is 344 Å². The Morgan fingerprint density at radius 3 is 0.982 bits per heavy atom. The van der Waals surface area contributed by atoms with Crippen molar-refractivity contribution in [2.75, 3.05) is 19.6 Å². The van der Waals surface area contributed by atoms with E-state index in [0.717, 1.165) is 131 Å². The summed E-state index contributed by atoms with van der Waals surface area (Å²) in [5.74, 6) is 5.45. The van der Waals surface area contributed by atoms with E-state index >= 15 is 0 Å². The molecule has 0 N–H and O–H groups in total. The summed E-state index contributed by atoms with van der Waals surface area (Å²) in [6.07, 6.45) is 16.9. The highest BCUT2D eigenvalue weighted by Crippen LogP contribution is 2.63. The van der Waals surface area contributed by atoms with Crippen molar-refractivity contribution in [1.82, 2.24) is 0 Å². The van der Waals surface area contributed by atoms with Gasteiger partial charge in [-0.05, 0) is 336 Å². The quantitative estimate of drug-likeness (QED) is 0.0905. The Kier molecular flexibility index (Phi) is 16.0. The molecular formula is C107H92N4O. The van der Waals surface area contributed by atoms with Crippen LogP contribution in [0.2, 0.25) is 0 Å². The summed E-state index contributed by atoms with van der Waals surface area (Å²) in [6.45, 7) is 4.84. The van der Waals surface area contributed by atoms with Crippen LogP contribution in [0, 0.1) is 35.5 Å². The smallest absolute Gasteiger partial charge is 0.159 e. The molecule has 112 heavy (non-hydrogen) atoms. The Balaban J connectivity index is 0.551. The standard InChI is InChI=1S/C107H92N4O/c1-105(2)100-62-93(49-52-96(100)97-53-50-94(63-101(97)105)109(86-23-11-5-12-24-86)91-45-35-83(36-46-91)106-65-71-55-72(66-106)57-73(56-71)67-106)108(85-21-9-4-10-22-85)88-41-31-79(32-42-88)81-19-15-20-82(61-81)80-33-43-90(44-34-80)110(89-39-29-78(30-40-89)77-17-7-3-8-18-77)95-51-54-98-99-27-16-28-102(104(99)112-103(98)64-95)111(87-25-13-6-14-26-87)92-47-37-84(38-48-92)107-68-74-58-75(69-107)60-76(59-74)70-107/h3-54,61-64,71-76H,55-60,65-70H2,1-2H3. The van der Waals surface area contributed by atoms with Gasteiger partial charge in [0.2, 0.25) is 0 Å². The first kappa shape index (κ1) is 67.0. The molecular weight excluding hydrogens is 1360 g/mol. The Labute approximate surface area is 659 Å². The third-order valence-corrected chi connectivity index (χ3v) is 27.7. The van der Waals surface area contributed by atoms with E-state index in [0.29, 0.717) is 10.8 Å². The summed E-state index contributed by atoms with van der Waals surface area (Å²) in [6, 6.07) is 127. The van der Waals surface area contributed by atoms with Crippen molar-refractivity contribution < 1.29 is 4.42 Å². The highest BCUT2D eigenvalue weighted by Gasteiger charge is 2.53. The predicted octanol–water partition coefficient (Wildman–Crippen LogP) is 29.7. The minimum atomic E-state index is -0.265. The Bertz CT molecular complexity index is 5960. The minimum absolute atomic E-state index is 0.265. The monoisotopic (exact) mass is 1450 g/mol. The molecule has 5 heteroatoms. The van der Waals surface area contributed by atoms with Crippen LogP contribution in [-0.4, -0.2) is 0 Å². The zero-order chi connectivity index (χ0) is 74.2. The van der Waals surface area contributed by atoms with Crippen molar-refractivity contribution >= 4 is 90.2 Å². The van der Waals surface area contributed by atoms with Gasteiger partial charge in [-0.25, -0.2) is 0 Å². The second kappa shape index (κ2) is 26.7. The Hall–Kier alpha value is -11.9. The van der Waals surface area contributed by atoms with Gasteiger partial charge in [0.25, 0.3) is 0 Å². The average Bonchev–Trinajstić information content (AvgIpc) is 1.55. The van der Waals surface area contributed by atoms with Crippen LogP contribution in [0.1, 0.15) is 113 Å². The normalized spacial score (nSPS) is 21.9. The molecule has 9 aliphatic carbocycles. The van der Waals surface area contributed by atoms with Gasteiger partial charge in [0.1, 0.15) is 5.58 Å². The number of hydrogen-bond donors (Lipinski definition) is 0. The van der Waals surface area contributed by atoms with Crippen LogP contribution in [0.25, 0.3) is 66.4 Å². The van der Waals surface area contributed by atoms with Gasteiger partial charge >= 0.3 is 0 Å². The lowest BCUT2D eigenvalue weighted by atomic mass is 9.48. The maximum Gasteiger partial charge on any atom is 0.159 e. The number of furan rings is 1. The van der Waals surface area contributed by atoms with Gasteiger partial charge in [0, 0.05) is 84.8 Å². The molecule has 0 radical (unpaired) electrons. The van der Waals surface area contributed by atoms with E-state index in [9.17, 15) is 0 Å². The molecule has 0 aliphatic heterocycles. The summed E-state index contributed by atoms with van der Waals surface area (Å²) >= 11 is 0. The highest BCUT2D eigenvalue weighted by molar-refractivity contribution is 6.11. The summed E-state index contributed by atoms with van der Waals surface area (Å²) in [5.41, 5.74) is 30.8. The maximum atomic E-state index is 7.23. The number of hydrogen-bond acceptors (Lipinski definition) is 5. The van der Waals surface area contributed by atoms with Crippen molar-refractivity contribution in [2.45, 2.75) is 107 Å². The molecule has 5 nitrogen and oxygen atoms in total. The lowest BCUT2D eigenvalue weighted by Crippen LogP contribution is -2.48. The topological polar surface area (TPSA) is 26.1 Å². The molecule has 0 spiro atoms. The van der Waals surface area contributed by atoms with Gasteiger partial charge in [0.05, 0.1) is 5.69 Å². The first-order valence-corrected chi connectivity index (χ1v) is 41.3. The van der Waals surface area contributed by atoms with Gasteiger partial charge < -0.3 is 24.0 Å². The van der Waals surface area contributed by atoms with Crippen LogP contribution in [0.4, 0.5) is 68.2 Å². The fourth-order valence-corrected chi connectivity index (χ4v) is 23.4. The van der Waals surface area contributed by atoms with E-state index in [4.69, 9.17) is 4.42 Å². The Morgan fingerprint density at radius 1 is 0.250 bits per heavy atom. The molecule has 9 aliphatic rings. The van der Waals surface area contributed by atoms with Crippen molar-refractivity contribution in [2.24, 2.45) is 35.5 Å². The first-order chi connectivity index (χ1) is 55.1. The predicted molar refractivity (Wildman–Crippen MR) is 466 cm³/mol. The van der Waals surface area contributed by atoms with E-state index in [1.54, 1.807) is 5.56 Å². The fourth-order valence-electron chi connectivity index (χ4n) is 23.4. The molecule has 0 atom stereocenters. The maximum absolute atomic E-state index is 7.23. The molecule has 8 saturated carbocycles. The van der Waals surface area contributed by atoms with Gasteiger partial charge in [-0.3, -0.25) is 0 Å². The molecule has 0 saturated heterocycles. The van der Waals surface area contributed by atoms with Crippen LogP contribution in [0.5, 0.6) is 0 Å². The van der Waals surface area contributed by atoms with E-state index in [1.165, 1.54) is 133 Å². The van der Waals surface area contributed by atoms with E-state index in [2.05, 4.69) is 373 Å². The molecule has 546 valence electrons. The molecule has 14 aromatic carbocycles.